The van der Waals surface area contributed by atoms with Crippen LogP contribution in [0.2, 0.25) is 0 Å². The summed E-state index contributed by atoms with van der Waals surface area (Å²) in [7, 11) is 2.60. The Morgan fingerprint density at radius 3 is 2.60 bits per heavy atom. The van der Waals surface area contributed by atoms with Crippen molar-refractivity contribution in [2.45, 2.75) is 12.3 Å². The van der Waals surface area contributed by atoms with Crippen LogP contribution in [0.25, 0.3) is 0 Å². The lowest BCUT2D eigenvalue weighted by molar-refractivity contribution is -0.137. The molecule has 0 fully saturated rings. The van der Waals surface area contributed by atoms with E-state index in [1.54, 1.807) is 0 Å². The monoisotopic (exact) mass is 427 g/mol. The normalized spacial score (nSPS) is 15.9. The Morgan fingerprint density at radius 2 is 1.90 bits per heavy atom. The molecule has 0 saturated carbocycles. The van der Waals surface area contributed by atoms with Crippen LogP contribution in [0.3, 0.4) is 0 Å². The van der Waals surface area contributed by atoms with Crippen molar-refractivity contribution in [3.8, 4) is 11.6 Å². The van der Waals surface area contributed by atoms with E-state index in [9.17, 15) is 27.6 Å². The van der Waals surface area contributed by atoms with Crippen molar-refractivity contribution < 1.29 is 32.3 Å². The number of rotatable bonds is 6. The van der Waals surface area contributed by atoms with Crippen molar-refractivity contribution in [2.75, 3.05) is 13.2 Å². The fourth-order valence-corrected chi connectivity index (χ4v) is 2.70. The minimum absolute atomic E-state index is 0.0129. The number of Topliss-reactive ketones (excluding diaryl/α,β-unsaturated/α-hetero) is 1. The topological polar surface area (TPSA) is 101 Å². The fourth-order valence-electron chi connectivity index (χ4n) is 2.70. The average Bonchev–Trinajstić information content (AvgIpc) is 3.03. The van der Waals surface area contributed by atoms with Gasteiger partial charge in [0.1, 0.15) is 17.9 Å². The van der Waals surface area contributed by atoms with Gasteiger partial charge in [0.25, 0.3) is 5.56 Å². The molecule has 0 spiro atoms. The number of fused-ring (bicyclic) bond motifs is 1. The highest BCUT2D eigenvalue weighted by Crippen LogP contribution is 2.31. The Bertz CT molecular complexity index is 1120. The smallest absolute Gasteiger partial charge is 0.416 e. The van der Waals surface area contributed by atoms with Crippen molar-refractivity contribution in [1.82, 2.24) is 9.13 Å². The molecule has 0 N–H and O–H groups in total. The summed E-state index contributed by atoms with van der Waals surface area (Å²) in [5.41, 5.74) is -2.52. The number of carbonyl (C=O) groups excluding carboxylic acids is 1. The number of nitrogens with zero attached hydrogens (tertiary/aromatic N) is 3. The van der Waals surface area contributed by atoms with Crippen molar-refractivity contribution in [1.29, 1.82) is 0 Å². The van der Waals surface area contributed by atoms with Gasteiger partial charge in [-0.05, 0) is 18.2 Å². The summed E-state index contributed by atoms with van der Waals surface area (Å²) in [4.78, 5) is 41.2. The number of aromatic nitrogens is 2. The van der Waals surface area contributed by atoms with E-state index >= 15 is 0 Å². The van der Waals surface area contributed by atoms with E-state index in [4.69, 9.17) is 14.3 Å². The molecule has 0 aliphatic carbocycles. The minimum Gasteiger partial charge on any atom is -0.490 e. The molecule has 160 valence electrons. The van der Waals surface area contributed by atoms with Gasteiger partial charge in [-0.15, -0.1) is 0 Å². The highest BCUT2D eigenvalue weighted by atomic mass is 19.4. The first-order valence-corrected chi connectivity index (χ1v) is 8.57. The maximum absolute atomic E-state index is 12.7. The van der Waals surface area contributed by atoms with Gasteiger partial charge < -0.3 is 14.3 Å². The van der Waals surface area contributed by atoms with E-state index in [-0.39, 0.29) is 30.4 Å². The molecule has 0 radical (unpaired) electrons. The predicted octanol–water partition coefficient (Wildman–Crippen LogP) is 1.13. The third-order valence-corrected chi connectivity index (χ3v) is 4.23. The molecule has 0 amide bonds. The summed E-state index contributed by atoms with van der Waals surface area (Å²) in [5, 5.41) is 3.55. The van der Waals surface area contributed by atoms with Gasteiger partial charge >= 0.3 is 11.9 Å². The lowest BCUT2D eigenvalue weighted by Crippen LogP contribution is -2.39. The van der Waals surface area contributed by atoms with E-state index in [0.717, 1.165) is 27.5 Å². The molecule has 1 unspecified atom stereocenters. The highest BCUT2D eigenvalue weighted by molar-refractivity contribution is 6.12. The zero-order valence-electron chi connectivity index (χ0n) is 15.8. The second kappa shape index (κ2) is 8.05. The second-order valence-electron chi connectivity index (χ2n) is 6.25. The van der Waals surface area contributed by atoms with Gasteiger partial charge in [0.15, 0.2) is 6.61 Å². The summed E-state index contributed by atoms with van der Waals surface area (Å²) in [6.45, 7) is -0.228. The second-order valence-corrected chi connectivity index (χ2v) is 6.25. The molecule has 2 heterocycles. The Hall–Kier alpha value is -3.57. The van der Waals surface area contributed by atoms with Crippen LogP contribution in [0.4, 0.5) is 13.2 Å². The SMILES string of the molecule is Cn1c2c(c(=O)n(C)c1=O)C(=O)C(/C=N/OCCOc1cccc(C(F)(F)F)c1)O2. The quantitative estimate of drug-likeness (QED) is 0.389. The van der Waals surface area contributed by atoms with Gasteiger partial charge in [-0.2, -0.15) is 13.2 Å². The summed E-state index contributed by atoms with van der Waals surface area (Å²) in [5.74, 6) is -0.815. The van der Waals surface area contributed by atoms with Crippen LogP contribution < -0.4 is 20.7 Å². The van der Waals surface area contributed by atoms with Crippen molar-refractivity contribution >= 4 is 12.0 Å². The standard InChI is InChI=1S/C18H16F3N3O6/c1-23-15(26)13-14(25)12(30-16(13)24(2)17(23)27)9-22-29-7-6-28-11-5-3-4-10(8-11)18(19,20)21/h3-5,8-9,12H,6-7H2,1-2H3/b22-9+. The fraction of sp³-hybridized carbons (Fsp3) is 0.333. The maximum Gasteiger partial charge on any atom is 0.416 e. The number of oxime groups is 1. The van der Waals surface area contributed by atoms with Crippen molar-refractivity contribution in [3.05, 3.63) is 56.2 Å². The first-order chi connectivity index (χ1) is 14.1. The molecule has 30 heavy (non-hydrogen) atoms. The largest absolute Gasteiger partial charge is 0.490 e. The van der Waals surface area contributed by atoms with Crippen LogP contribution in [0.5, 0.6) is 11.6 Å². The van der Waals surface area contributed by atoms with Crippen LogP contribution in [0, 0.1) is 0 Å². The molecule has 0 saturated heterocycles. The van der Waals surface area contributed by atoms with Crippen LogP contribution in [0.15, 0.2) is 39.0 Å². The lowest BCUT2D eigenvalue weighted by Gasteiger charge is -2.09. The molecule has 12 heteroatoms. The van der Waals surface area contributed by atoms with Crippen LogP contribution in [-0.2, 0) is 25.1 Å². The van der Waals surface area contributed by atoms with E-state index in [1.807, 2.05) is 0 Å². The average molecular weight is 427 g/mol. The van der Waals surface area contributed by atoms with Crippen molar-refractivity contribution in [3.63, 3.8) is 0 Å². The zero-order chi connectivity index (χ0) is 22.1. The Kier molecular flexibility index (Phi) is 5.67. The number of benzene rings is 1. The van der Waals surface area contributed by atoms with Gasteiger partial charge in [-0.25, -0.2) is 4.79 Å². The molecule has 9 nitrogen and oxygen atoms in total. The molecule has 0 bridgehead atoms. The predicted molar refractivity (Wildman–Crippen MR) is 97.1 cm³/mol. The van der Waals surface area contributed by atoms with Crippen LogP contribution >= 0.6 is 0 Å². The summed E-state index contributed by atoms with van der Waals surface area (Å²) < 4.78 is 50.3. The molecule has 1 aliphatic rings. The highest BCUT2D eigenvalue weighted by Gasteiger charge is 2.37. The third kappa shape index (κ3) is 4.07. The number of carbonyl (C=O) groups is 1. The van der Waals surface area contributed by atoms with Gasteiger partial charge in [-0.3, -0.25) is 18.7 Å². The Morgan fingerprint density at radius 1 is 1.17 bits per heavy atom. The minimum atomic E-state index is -4.48. The number of halogens is 3. The number of ketones is 1. The van der Waals surface area contributed by atoms with Crippen LogP contribution in [-0.4, -0.2) is 40.4 Å². The van der Waals surface area contributed by atoms with E-state index in [2.05, 4.69) is 5.16 Å². The molecule has 2 aromatic rings. The summed E-state index contributed by atoms with van der Waals surface area (Å²) in [6.07, 6.45) is -4.71. The number of hydrogen-bond acceptors (Lipinski definition) is 7. The molecular weight excluding hydrogens is 411 g/mol. The molecule has 3 rings (SSSR count). The maximum atomic E-state index is 12.7. The first kappa shape index (κ1) is 21.1. The van der Waals surface area contributed by atoms with Gasteiger partial charge in [0, 0.05) is 14.1 Å². The number of hydrogen-bond donors (Lipinski definition) is 0. The van der Waals surface area contributed by atoms with E-state index in [0.29, 0.717) is 0 Å². The Balaban J connectivity index is 1.54. The van der Waals surface area contributed by atoms with E-state index < -0.39 is 34.9 Å². The van der Waals surface area contributed by atoms with Gasteiger partial charge in [-0.1, -0.05) is 11.2 Å². The van der Waals surface area contributed by atoms with Gasteiger partial charge in [0.2, 0.25) is 17.8 Å². The number of alkyl halides is 3. The van der Waals surface area contributed by atoms with Gasteiger partial charge in [0.05, 0.1) is 11.8 Å². The summed E-state index contributed by atoms with van der Waals surface area (Å²) >= 11 is 0. The first-order valence-electron chi connectivity index (χ1n) is 8.57. The van der Waals surface area contributed by atoms with Crippen LogP contribution in [0.1, 0.15) is 15.9 Å². The van der Waals surface area contributed by atoms with Crippen molar-refractivity contribution in [2.24, 2.45) is 19.3 Å². The molecule has 1 aromatic carbocycles. The van der Waals surface area contributed by atoms with E-state index in [1.165, 1.54) is 26.2 Å². The summed E-state index contributed by atoms with van der Waals surface area (Å²) in [6, 6.07) is 4.37. The molecule has 1 aliphatic heterocycles. The molecular formula is C18H16F3N3O6. The third-order valence-electron chi connectivity index (χ3n) is 4.23. The molecule has 1 aromatic heterocycles. The molecule has 1 atom stereocenters. The number of ether oxygens (including phenoxy) is 2. The zero-order valence-corrected chi connectivity index (χ0v) is 15.8. The Labute approximate surface area is 166 Å². The lowest BCUT2D eigenvalue weighted by atomic mass is 10.1.